The number of pyridine rings is 1. The van der Waals surface area contributed by atoms with Gasteiger partial charge in [-0.2, -0.15) is 0 Å². The normalized spacial score (nSPS) is 15.8. The first-order valence-electron chi connectivity index (χ1n) is 7.02. The second-order valence-electron chi connectivity index (χ2n) is 5.53. The van der Waals surface area contributed by atoms with E-state index in [1.165, 1.54) is 19.3 Å². The summed E-state index contributed by atoms with van der Waals surface area (Å²) < 4.78 is 5.78. The summed E-state index contributed by atoms with van der Waals surface area (Å²) in [7, 11) is 0. The van der Waals surface area contributed by atoms with Gasteiger partial charge in [0.2, 0.25) is 5.88 Å². The topological polar surface area (TPSA) is 48.1 Å². The van der Waals surface area contributed by atoms with E-state index < -0.39 is 0 Å². The number of nitrogens with zero attached hydrogens (tertiary/aromatic N) is 1. The van der Waals surface area contributed by atoms with Gasteiger partial charge < -0.3 is 10.5 Å². The number of hydrogen-bond acceptors (Lipinski definition) is 3. The van der Waals surface area contributed by atoms with Gasteiger partial charge in [0.25, 0.3) is 0 Å². The number of ether oxygens (including phenoxy) is 1. The summed E-state index contributed by atoms with van der Waals surface area (Å²) in [5.74, 6) is 2.03. The minimum absolute atomic E-state index is 0.408. The molecule has 3 nitrogen and oxygen atoms in total. The lowest BCUT2D eigenvalue weighted by atomic mass is 9.83. The molecule has 0 atom stereocenters. The minimum atomic E-state index is 0.408. The quantitative estimate of drug-likeness (QED) is 0.840. The Labute approximate surface area is 110 Å². The number of nitrogens with two attached hydrogens (primary N) is 1. The molecule has 1 aromatic heterocycles. The lowest BCUT2D eigenvalue weighted by Crippen LogP contribution is -2.15. The van der Waals surface area contributed by atoms with Crippen molar-refractivity contribution in [1.29, 1.82) is 0 Å². The number of hydrogen-bond donors (Lipinski definition) is 1. The van der Waals surface area contributed by atoms with Gasteiger partial charge in [-0.25, -0.2) is 4.98 Å². The van der Waals surface area contributed by atoms with Gasteiger partial charge in [0.1, 0.15) is 0 Å². The van der Waals surface area contributed by atoms with E-state index in [4.69, 9.17) is 10.5 Å². The van der Waals surface area contributed by atoms with Crippen molar-refractivity contribution < 1.29 is 4.74 Å². The molecule has 0 bridgehead atoms. The first-order valence-corrected chi connectivity index (χ1v) is 7.02. The molecule has 0 aromatic carbocycles. The number of aromatic nitrogens is 1. The van der Waals surface area contributed by atoms with Gasteiger partial charge in [0.15, 0.2) is 0 Å². The monoisotopic (exact) mass is 248 g/mol. The van der Waals surface area contributed by atoms with Crippen LogP contribution in [0.2, 0.25) is 0 Å². The Hall–Kier alpha value is -1.09. The Morgan fingerprint density at radius 1 is 1.39 bits per heavy atom. The third-order valence-corrected chi connectivity index (χ3v) is 3.71. The number of rotatable bonds is 6. The molecule has 1 heterocycles. The van der Waals surface area contributed by atoms with E-state index in [1.54, 1.807) is 0 Å². The first-order chi connectivity index (χ1) is 8.69. The van der Waals surface area contributed by atoms with E-state index in [9.17, 15) is 0 Å². The fourth-order valence-electron chi connectivity index (χ4n) is 2.18. The molecular formula is C15H24N2O. The summed E-state index contributed by atoms with van der Waals surface area (Å²) in [6.07, 6.45) is 5.29. The average molecular weight is 248 g/mol. The smallest absolute Gasteiger partial charge is 0.213 e. The van der Waals surface area contributed by atoms with Gasteiger partial charge in [-0.3, -0.25) is 0 Å². The van der Waals surface area contributed by atoms with Crippen molar-refractivity contribution in [3.63, 3.8) is 0 Å². The average Bonchev–Trinajstić information content (AvgIpc) is 2.31. The minimum Gasteiger partial charge on any atom is -0.478 e. The van der Waals surface area contributed by atoms with E-state index in [2.05, 4.69) is 24.9 Å². The standard InChI is InChI=1S/C15H24N2O/c1-11(2)14-8-13(10-16)9-15(17-14)18-7-6-12-4-3-5-12/h8-9,11-12H,3-7,10,16H2,1-2H3. The third kappa shape index (κ3) is 3.45. The van der Waals surface area contributed by atoms with E-state index in [-0.39, 0.29) is 0 Å². The van der Waals surface area contributed by atoms with Crippen molar-refractivity contribution in [2.24, 2.45) is 11.7 Å². The molecule has 0 saturated heterocycles. The van der Waals surface area contributed by atoms with Crippen LogP contribution in [0, 0.1) is 5.92 Å². The fourth-order valence-corrected chi connectivity index (χ4v) is 2.18. The SMILES string of the molecule is CC(C)c1cc(CN)cc(OCCC2CCC2)n1. The zero-order valence-electron chi connectivity index (χ0n) is 11.5. The Kier molecular flexibility index (Phi) is 4.59. The van der Waals surface area contributed by atoms with Crippen LogP contribution in [-0.2, 0) is 6.54 Å². The maximum Gasteiger partial charge on any atom is 0.213 e. The fraction of sp³-hybridized carbons (Fsp3) is 0.667. The summed E-state index contributed by atoms with van der Waals surface area (Å²) >= 11 is 0. The van der Waals surface area contributed by atoms with Crippen LogP contribution in [0.15, 0.2) is 12.1 Å². The molecule has 100 valence electrons. The van der Waals surface area contributed by atoms with Gasteiger partial charge in [-0.05, 0) is 29.9 Å². The summed E-state index contributed by atoms with van der Waals surface area (Å²) in [6.45, 7) is 5.60. The van der Waals surface area contributed by atoms with Crippen LogP contribution in [0.3, 0.4) is 0 Å². The van der Waals surface area contributed by atoms with Gasteiger partial charge >= 0.3 is 0 Å². The molecule has 2 rings (SSSR count). The van der Waals surface area contributed by atoms with Crippen LogP contribution < -0.4 is 10.5 Å². The Morgan fingerprint density at radius 3 is 2.72 bits per heavy atom. The van der Waals surface area contributed by atoms with Crippen LogP contribution in [0.5, 0.6) is 5.88 Å². The van der Waals surface area contributed by atoms with Crippen LogP contribution in [-0.4, -0.2) is 11.6 Å². The van der Waals surface area contributed by atoms with Crippen molar-refractivity contribution in [3.8, 4) is 5.88 Å². The molecule has 1 fully saturated rings. The predicted octanol–water partition coefficient (Wildman–Crippen LogP) is 3.23. The highest BCUT2D eigenvalue weighted by Crippen LogP contribution is 2.29. The highest BCUT2D eigenvalue weighted by Gasteiger charge is 2.17. The van der Waals surface area contributed by atoms with Crippen molar-refractivity contribution in [1.82, 2.24) is 4.98 Å². The maximum atomic E-state index is 5.78. The lowest BCUT2D eigenvalue weighted by molar-refractivity contribution is 0.217. The zero-order valence-corrected chi connectivity index (χ0v) is 11.5. The molecule has 2 N–H and O–H groups in total. The molecule has 1 aliphatic carbocycles. The molecule has 0 spiro atoms. The third-order valence-electron chi connectivity index (χ3n) is 3.71. The van der Waals surface area contributed by atoms with Crippen molar-refractivity contribution in [2.45, 2.75) is 52.0 Å². The highest BCUT2D eigenvalue weighted by molar-refractivity contribution is 5.26. The Balaban J connectivity index is 1.94. The van der Waals surface area contributed by atoms with Gasteiger partial charge in [-0.1, -0.05) is 33.1 Å². The van der Waals surface area contributed by atoms with E-state index in [1.807, 2.05) is 6.07 Å². The van der Waals surface area contributed by atoms with Crippen molar-refractivity contribution in [3.05, 3.63) is 23.4 Å². The Morgan fingerprint density at radius 2 is 2.17 bits per heavy atom. The molecule has 18 heavy (non-hydrogen) atoms. The summed E-state index contributed by atoms with van der Waals surface area (Å²) in [6, 6.07) is 4.04. The van der Waals surface area contributed by atoms with Crippen molar-refractivity contribution >= 4 is 0 Å². The second-order valence-corrected chi connectivity index (χ2v) is 5.53. The van der Waals surface area contributed by atoms with E-state index in [0.717, 1.165) is 36.1 Å². The Bertz CT molecular complexity index is 386. The second kappa shape index (κ2) is 6.19. The molecule has 0 unspecified atom stereocenters. The molecule has 1 aliphatic rings. The van der Waals surface area contributed by atoms with Crippen LogP contribution in [0.1, 0.15) is 56.7 Å². The highest BCUT2D eigenvalue weighted by atomic mass is 16.5. The van der Waals surface area contributed by atoms with Crippen LogP contribution >= 0.6 is 0 Å². The molecular weight excluding hydrogens is 224 g/mol. The molecule has 1 aromatic rings. The maximum absolute atomic E-state index is 5.78. The first kappa shape index (κ1) is 13.3. The summed E-state index contributed by atoms with van der Waals surface area (Å²) in [5.41, 5.74) is 7.88. The van der Waals surface area contributed by atoms with Gasteiger partial charge in [-0.15, -0.1) is 0 Å². The van der Waals surface area contributed by atoms with Crippen molar-refractivity contribution in [2.75, 3.05) is 6.61 Å². The molecule has 0 amide bonds. The molecule has 3 heteroatoms. The van der Waals surface area contributed by atoms with Crippen LogP contribution in [0.25, 0.3) is 0 Å². The largest absolute Gasteiger partial charge is 0.478 e. The molecule has 0 aliphatic heterocycles. The molecule has 0 radical (unpaired) electrons. The van der Waals surface area contributed by atoms with Gasteiger partial charge in [0, 0.05) is 18.3 Å². The van der Waals surface area contributed by atoms with E-state index in [0.29, 0.717) is 12.5 Å². The summed E-state index contributed by atoms with van der Waals surface area (Å²) in [4.78, 5) is 4.54. The van der Waals surface area contributed by atoms with E-state index >= 15 is 0 Å². The summed E-state index contributed by atoms with van der Waals surface area (Å²) in [5, 5.41) is 0. The zero-order chi connectivity index (χ0) is 13.0. The van der Waals surface area contributed by atoms with Crippen LogP contribution in [0.4, 0.5) is 0 Å². The molecule has 1 saturated carbocycles. The lowest BCUT2D eigenvalue weighted by Gasteiger charge is -2.24. The predicted molar refractivity (Wildman–Crippen MR) is 73.7 cm³/mol. The van der Waals surface area contributed by atoms with Gasteiger partial charge in [0.05, 0.1) is 6.61 Å².